The number of H-pyrrole nitrogens is 1. The molecule has 0 bridgehead atoms. The molecule has 0 radical (unpaired) electrons. The number of carboxylic acids is 1. The molecule has 0 saturated heterocycles. The van der Waals surface area contributed by atoms with Crippen LogP contribution in [-0.2, 0) is 4.79 Å². The number of carboxylic acid groups (broad SMARTS) is 1. The molecule has 0 amide bonds. The third kappa shape index (κ3) is 2.11. The number of hydrogen-bond donors (Lipinski definition) is 2. The molecule has 2 unspecified atom stereocenters. The summed E-state index contributed by atoms with van der Waals surface area (Å²) in [5.74, 6) is -0.401. The number of aromatic nitrogens is 2. The Kier molecular flexibility index (Phi) is 3.08. The van der Waals surface area contributed by atoms with Gasteiger partial charge in [-0.05, 0) is 49.9 Å². The quantitative estimate of drug-likeness (QED) is 0.823. The lowest BCUT2D eigenvalue weighted by atomic mass is 9.82. The minimum Gasteiger partial charge on any atom is -0.481 e. The standard InChI is InChI=1S/C16H18N2O2/c1-9-7-13-14(8-10(9)2)18-15(17-13)11-5-3-4-6-12(11)16(19)20/h3-4,7-8,11-12H,5-6H2,1-2H3,(H,17,18)(H,19,20). The highest BCUT2D eigenvalue weighted by atomic mass is 16.4. The van der Waals surface area contributed by atoms with Crippen molar-refractivity contribution in [2.75, 3.05) is 0 Å². The summed E-state index contributed by atoms with van der Waals surface area (Å²) >= 11 is 0. The summed E-state index contributed by atoms with van der Waals surface area (Å²) in [6, 6.07) is 4.13. The van der Waals surface area contributed by atoms with Crippen LogP contribution in [0.1, 0.15) is 35.7 Å². The van der Waals surface area contributed by atoms with Gasteiger partial charge >= 0.3 is 5.97 Å². The highest BCUT2D eigenvalue weighted by molar-refractivity contribution is 5.78. The number of fused-ring (bicyclic) bond motifs is 1. The van der Waals surface area contributed by atoms with Crippen molar-refractivity contribution in [3.8, 4) is 0 Å². The number of hydrogen-bond acceptors (Lipinski definition) is 2. The molecule has 0 saturated carbocycles. The second-order valence-corrected chi connectivity index (χ2v) is 5.57. The Labute approximate surface area is 117 Å². The van der Waals surface area contributed by atoms with Crippen LogP contribution in [0.4, 0.5) is 0 Å². The minimum atomic E-state index is -0.743. The predicted octanol–water partition coefficient (Wildman–Crippen LogP) is 3.31. The number of imidazole rings is 1. The number of nitrogens with zero attached hydrogens (tertiary/aromatic N) is 1. The first-order chi connectivity index (χ1) is 9.56. The summed E-state index contributed by atoms with van der Waals surface area (Å²) in [6.45, 7) is 4.13. The fourth-order valence-electron chi connectivity index (χ4n) is 2.85. The van der Waals surface area contributed by atoms with Crippen molar-refractivity contribution in [1.82, 2.24) is 9.97 Å². The normalized spacial score (nSPS) is 22.3. The minimum absolute atomic E-state index is 0.0643. The average Bonchev–Trinajstić information content (AvgIpc) is 2.82. The molecule has 2 atom stereocenters. The van der Waals surface area contributed by atoms with Crippen LogP contribution in [0.15, 0.2) is 24.3 Å². The maximum Gasteiger partial charge on any atom is 0.307 e. The molecule has 4 heteroatoms. The highest BCUT2D eigenvalue weighted by Crippen LogP contribution is 2.34. The molecule has 1 aromatic carbocycles. The molecule has 1 aromatic heterocycles. The van der Waals surface area contributed by atoms with Crippen LogP contribution in [0.2, 0.25) is 0 Å². The molecule has 0 aliphatic heterocycles. The van der Waals surface area contributed by atoms with E-state index in [1.807, 2.05) is 12.2 Å². The van der Waals surface area contributed by atoms with Crippen molar-refractivity contribution in [3.05, 3.63) is 41.2 Å². The van der Waals surface area contributed by atoms with Crippen molar-refractivity contribution in [2.45, 2.75) is 32.6 Å². The van der Waals surface area contributed by atoms with Gasteiger partial charge in [0.25, 0.3) is 0 Å². The van der Waals surface area contributed by atoms with E-state index < -0.39 is 5.97 Å². The van der Waals surface area contributed by atoms with E-state index in [1.165, 1.54) is 11.1 Å². The third-order valence-electron chi connectivity index (χ3n) is 4.22. The Bertz CT molecular complexity index is 661. The highest BCUT2D eigenvalue weighted by Gasteiger charge is 2.31. The molecule has 3 rings (SSSR count). The zero-order chi connectivity index (χ0) is 14.3. The zero-order valence-electron chi connectivity index (χ0n) is 11.7. The van der Waals surface area contributed by atoms with Crippen LogP contribution in [0.25, 0.3) is 11.0 Å². The van der Waals surface area contributed by atoms with Crippen molar-refractivity contribution in [2.24, 2.45) is 5.92 Å². The molecule has 104 valence electrons. The van der Waals surface area contributed by atoms with Gasteiger partial charge in [0.15, 0.2) is 0 Å². The third-order valence-corrected chi connectivity index (χ3v) is 4.22. The number of allylic oxidation sites excluding steroid dienone is 2. The Morgan fingerprint density at radius 2 is 1.95 bits per heavy atom. The lowest BCUT2D eigenvalue weighted by Gasteiger charge is -2.23. The summed E-state index contributed by atoms with van der Waals surface area (Å²) in [7, 11) is 0. The molecule has 1 heterocycles. The van der Waals surface area contributed by atoms with Gasteiger partial charge in [-0.15, -0.1) is 0 Å². The van der Waals surface area contributed by atoms with Gasteiger partial charge in [0.05, 0.1) is 17.0 Å². The molecule has 20 heavy (non-hydrogen) atoms. The predicted molar refractivity (Wildman–Crippen MR) is 77.8 cm³/mol. The maximum atomic E-state index is 11.4. The Morgan fingerprint density at radius 3 is 2.70 bits per heavy atom. The van der Waals surface area contributed by atoms with Gasteiger partial charge in [-0.3, -0.25) is 4.79 Å². The fraction of sp³-hybridized carbons (Fsp3) is 0.375. The van der Waals surface area contributed by atoms with E-state index in [2.05, 4.69) is 35.9 Å². The van der Waals surface area contributed by atoms with Gasteiger partial charge in [-0.1, -0.05) is 12.2 Å². The van der Waals surface area contributed by atoms with E-state index in [1.54, 1.807) is 0 Å². The summed E-state index contributed by atoms with van der Waals surface area (Å²) in [5, 5.41) is 9.36. The Balaban J connectivity index is 2.05. The van der Waals surface area contributed by atoms with Crippen LogP contribution >= 0.6 is 0 Å². The van der Waals surface area contributed by atoms with Crippen molar-refractivity contribution in [1.29, 1.82) is 0 Å². The second kappa shape index (κ2) is 4.78. The number of aliphatic carboxylic acids is 1. The van der Waals surface area contributed by atoms with Crippen LogP contribution < -0.4 is 0 Å². The van der Waals surface area contributed by atoms with Crippen molar-refractivity contribution >= 4 is 17.0 Å². The maximum absolute atomic E-state index is 11.4. The second-order valence-electron chi connectivity index (χ2n) is 5.57. The summed E-state index contributed by atoms with van der Waals surface area (Å²) in [5.41, 5.74) is 4.32. The molecule has 2 N–H and O–H groups in total. The van der Waals surface area contributed by atoms with E-state index in [4.69, 9.17) is 0 Å². The molecule has 0 fully saturated rings. The summed E-state index contributed by atoms with van der Waals surface area (Å²) in [4.78, 5) is 19.3. The molecule has 0 spiro atoms. The molecular formula is C16H18N2O2. The SMILES string of the molecule is Cc1cc2nc(C3CC=CCC3C(=O)O)[nH]c2cc1C. The molecule has 1 aliphatic carbocycles. The summed E-state index contributed by atoms with van der Waals surface area (Å²) in [6.07, 6.45) is 5.31. The van der Waals surface area contributed by atoms with Crippen LogP contribution in [0.3, 0.4) is 0 Å². The van der Waals surface area contributed by atoms with Gasteiger partial charge in [0.1, 0.15) is 5.82 Å². The Morgan fingerprint density at radius 1 is 1.25 bits per heavy atom. The number of benzene rings is 1. The van der Waals surface area contributed by atoms with Crippen LogP contribution in [0.5, 0.6) is 0 Å². The van der Waals surface area contributed by atoms with Gasteiger partial charge in [0.2, 0.25) is 0 Å². The van der Waals surface area contributed by atoms with Gasteiger partial charge in [-0.2, -0.15) is 0 Å². The lowest BCUT2D eigenvalue weighted by Crippen LogP contribution is -2.24. The first kappa shape index (κ1) is 12.9. The number of rotatable bonds is 2. The molecular weight excluding hydrogens is 252 g/mol. The number of aryl methyl sites for hydroxylation is 2. The fourth-order valence-corrected chi connectivity index (χ4v) is 2.85. The monoisotopic (exact) mass is 270 g/mol. The van der Waals surface area contributed by atoms with Crippen molar-refractivity contribution in [3.63, 3.8) is 0 Å². The van der Waals surface area contributed by atoms with E-state index in [9.17, 15) is 9.90 Å². The largest absolute Gasteiger partial charge is 0.481 e. The van der Waals surface area contributed by atoms with E-state index in [-0.39, 0.29) is 11.8 Å². The number of nitrogens with one attached hydrogen (secondary N) is 1. The van der Waals surface area contributed by atoms with E-state index in [0.717, 1.165) is 23.3 Å². The molecule has 4 nitrogen and oxygen atoms in total. The summed E-state index contributed by atoms with van der Waals surface area (Å²) < 4.78 is 0. The van der Waals surface area contributed by atoms with Crippen LogP contribution in [-0.4, -0.2) is 21.0 Å². The van der Waals surface area contributed by atoms with Gasteiger partial charge < -0.3 is 10.1 Å². The van der Waals surface area contributed by atoms with E-state index >= 15 is 0 Å². The molecule has 2 aromatic rings. The van der Waals surface area contributed by atoms with Gasteiger partial charge in [0, 0.05) is 5.92 Å². The zero-order valence-corrected chi connectivity index (χ0v) is 11.7. The number of carbonyl (C=O) groups is 1. The van der Waals surface area contributed by atoms with Crippen molar-refractivity contribution < 1.29 is 9.90 Å². The van der Waals surface area contributed by atoms with Crippen LogP contribution in [0, 0.1) is 19.8 Å². The topological polar surface area (TPSA) is 66.0 Å². The number of aromatic amines is 1. The first-order valence-corrected chi connectivity index (χ1v) is 6.91. The lowest BCUT2D eigenvalue weighted by molar-refractivity contribution is -0.142. The molecule has 1 aliphatic rings. The van der Waals surface area contributed by atoms with E-state index in [0.29, 0.717) is 6.42 Å². The smallest absolute Gasteiger partial charge is 0.307 e. The first-order valence-electron chi connectivity index (χ1n) is 6.91. The van der Waals surface area contributed by atoms with Gasteiger partial charge in [-0.25, -0.2) is 4.98 Å². The Hall–Kier alpha value is -2.10. The average molecular weight is 270 g/mol.